The van der Waals surface area contributed by atoms with Gasteiger partial charge in [0.1, 0.15) is 11.2 Å². The summed E-state index contributed by atoms with van der Waals surface area (Å²) in [4.78, 5) is 22.9. The first-order valence-corrected chi connectivity index (χ1v) is 6.29. The lowest BCUT2D eigenvalue weighted by molar-refractivity contribution is -0.149. The fourth-order valence-corrected chi connectivity index (χ4v) is 2.03. The number of carbonyl (C=O) groups is 2. The van der Waals surface area contributed by atoms with Crippen molar-refractivity contribution in [2.24, 2.45) is 5.41 Å². The number of aliphatic carboxylic acids is 1. The van der Waals surface area contributed by atoms with E-state index in [0.717, 1.165) is 5.56 Å². The monoisotopic (exact) mass is 281 g/mol. The number of carbonyl (C=O) groups excluding carboxylic acids is 1. The van der Waals surface area contributed by atoms with Crippen LogP contribution in [0.1, 0.15) is 24.5 Å². The van der Waals surface area contributed by atoms with Crippen LogP contribution in [-0.2, 0) is 14.3 Å². The molecule has 6 heteroatoms. The number of benzene rings is 1. The Kier molecular flexibility index (Phi) is 4.04. The molecule has 1 aromatic rings. The second kappa shape index (κ2) is 5.58. The van der Waals surface area contributed by atoms with E-state index in [1.165, 1.54) is 19.2 Å². The van der Waals surface area contributed by atoms with Gasteiger partial charge in [0.2, 0.25) is 5.91 Å². The number of hydrogen-bond acceptors (Lipinski definition) is 3. The molecule has 0 bridgehead atoms. The Morgan fingerprint density at radius 3 is 2.45 bits per heavy atom. The van der Waals surface area contributed by atoms with Crippen LogP contribution in [-0.4, -0.2) is 30.6 Å². The van der Waals surface area contributed by atoms with Gasteiger partial charge in [-0.2, -0.15) is 0 Å². The molecule has 1 fully saturated rings. The Morgan fingerprint density at radius 1 is 1.40 bits per heavy atom. The molecule has 1 amide bonds. The quantitative estimate of drug-likeness (QED) is 0.775. The van der Waals surface area contributed by atoms with Crippen LogP contribution in [0.25, 0.3) is 0 Å². The molecule has 108 valence electrons. The molecule has 2 N–H and O–H groups in total. The zero-order valence-electron chi connectivity index (χ0n) is 11.1. The predicted octanol–water partition coefficient (Wildman–Crippen LogP) is 1.49. The minimum atomic E-state index is -1.26. The van der Waals surface area contributed by atoms with E-state index >= 15 is 0 Å². The number of methoxy groups -OCH3 is 1. The summed E-state index contributed by atoms with van der Waals surface area (Å²) in [5.74, 6) is -1.93. The van der Waals surface area contributed by atoms with E-state index < -0.39 is 23.4 Å². The van der Waals surface area contributed by atoms with Crippen LogP contribution in [0.3, 0.4) is 0 Å². The standard InChI is InChI=1S/C14H16FNO4/c1-20-11(9-2-4-10(15)5-3-9)8-16-12(17)14(6-7-14)13(18)19/h2-5,11H,6-8H2,1H3,(H,16,17)(H,18,19). The zero-order chi connectivity index (χ0) is 14.8. The predicted molar refractivity (Wildman–Crippen MR) is 68.5 cm³/mol. The van der Waals surface area contributed by atoms with Gasteiger partial charge in [0, 0.05) is 13.7 Å². The molecule has 0 aliphatic heterocycles. The van der Waals surface area contributed by atoms with Gasteiger partial charge in [-0.15, -0.1) is 0 Å². The summed E-state index contributed by atoms with van der Waals surface area (Å²) >= 11 is 0. The van der Waals surface area contributed by atoms with Gasteiger partial charge in [-0.25, -0.2) is 4.39 Å². The van der Waals surface area contributed by atoms with E-state index in [0.29, 0.717) is 12.8 Å². The molecule has 0 saturated heterocycles. The molecule has 2 rings (SSSR count). The van der Waals surface area contributed by atoms with Crippen LogP contribution >= 0.6 is 0 Å². The zero-order valence-corrected chi connectivity index (χ0v) is 11.1. The van der Waals surface area contributed by atoms with Crippen LogP contribution in [0, 0.1) is 11.2 Å². The summed E-state index contributed by atoms with van der Waals surface area (Å²) in [5.41, 5.74) is -0.546. The van der Waals surface area contributed by atoms with Gasteiger partial charge in [-0.1, -0.05) is 12.1 Å². The third-order valence-electron chi connectivity index (χ3n) is 3.57. The minimum Gasteiger partial charge on any atom is -0.480 e. The first-order valence-electron chi connectivity index (χ1n) is 6.29. The maximum absolute atomic E-state index is 12.8. The molecule has 0 radical (unpaired) electrons. The molecule has 1 aromatic carbocycles. The van der Waals surface area contributed by atoms with Crippen LogP contribution < -0.4 is 5.32 Å². The number of hydrogen-bond donors (Lipinski definition) is 2. The van der Waals surface area contributed by atoms with Crippen molar-refractivity contribution in [2.75, 3.05) is 13.7 Å². The SMILES string of the molecule is COC(CNC(=O)C1(C(=O)O)CC1)c1ccc(F)cc1. The van der Waals surface area contributed by atoms with E-state index in [-0.39, 0.29) is 12.4 Å². The third-order valence-corrected chi connectivity index (χ3v) is 3.57. The molecular formula is C14H16FNO4. The lowest BCUT2D eigenvalue weighted by Gasteiger charge is -2.18. The second-order valence-corrected chi connectivity index (χ2v) is 4.87. The number of nitrogens with one attached hydrogen (secondary N) is 1. The first kappa shape index (κ1) is 14.5. The van der Waals surface area contributed by atoms with E-state index in [1.807, 2.05) is 0 Å². The highest BCUT2D eigenvalue weighted by molar-refractivity contribution is 6.04. The van der Waals surface area contributed by atoms with Crippen molar-refractivity contribution >= 4 is 11.9 Å². The topological polar surface area (TPSA) is 75.6 Å². The van der Waals surface area contributed by atoms with Crippen molar-refractivity contribution in [1.29, 1.82) is 0 Å². The molecule has 1 aliphatic carbocycles. The fourth-order valence-electron chi connectivity index (χ4n) is 2.03. The minimum absolute atomic E-state index is 0.149. The molecule has 1 atom stereocenters. The maximum atomic E-state index is 12.8. The van der Waals surface area contributed by atoms with Crippen LogP contribution in [0.2, 0.25) is 0 Å². The number of rotatable bonds is 6. The lowest BCUT2D eigenvalue weighted by atomic mass is 10.1. The van der Waals surface area contributed by atoms with Crippen molar-refractivity contribution in [2.45, 2.75) is 18.9 Å². The van der Waals surface area contributed by atoms with E-state index in [4.69, 9.17) is 9.84 Å². The highest BCUT2D eigenvalue weighted by Crippen LogP contribution is 2.46. The normalized spacial score (nSPS) is 17.3. The second-order valence-electron chi connectivity index (χ2n) is 4.87. The van der Waals surface area contributed by atoms with E-state index in [9.17, 15) is 14.0 Å². The average molecular weight is 281 g/mol. The summed E-state index contributed by atoms with van der Waals surface area (Å²) in [7, 11) is 1.48. The van der Waals surface area contributed by atoms with Gasteiger partial charge in [0.15, 0.2) is 0 Å². The molecule has 0 aromatic heterocycles. The number of halogens is 1. The smallest absolute Gasteiger partial charge is 0.319 e. The van der Waals surface area contributed by atoms with Gasteiger partial charge in [0.05, 0.1) is 6.10 Å². The Balaban J connectivity index is 1.96. The number of amides is 1. The van der Waals surface area contributed by atoms with Crippen LogP contribution in [0.4, 0.5) is 4.39 Å². The van der Waals surface area contributed by atoms with Crippen LogP contribution in [0.5, 0.6) is 0 Å². The Morgan fingerprint density at radius 2 is 2.00 bits per heavy atom. The van der Waals surface area contributed by atoms with Crippen molar-refractivity contribution in [3.63, 3.8) is 0 Å². The molecule has 20 heavy (non-hydrogen) atoms. The van der Waals surface area contributed by atoms with Crippen molar-refractivity contribution < 1.29 is 23.8 Å². The number of carboxylic acid groups (broad SMARTS) is 1. The van der Waals surface area contributed by atoms with Crippen molar-refractivity contribution in [1.82, 2.24) is 5.32 Å². The molecular weight excluding hydrogens is 265 g/mol. The Labute approximate surface area is 115 Å². The van der Waals surface area contributed by atoms with Gasteiger partial charge >= 0.3 is 5.97 Å². The Hall–Kier alpha value is -1.95. The lowest BCUT2D eigenvalue weighted by Crippen LogP contribution is -2.39. The van der Waals surface area contributed by atoms with Crippen molar-refractivity contribution in [3.8, 4) is 0 Å². The average Bonchev–Trinajstić information content (AvgIpc) is 3.22. The van der Waals surface area contributed by atoms with Crippen LogP contribution in [0.15, 0.2) is 24.3 Å². The Bertz CT molecular complexity index is 510. The summed E-state index contributed by atoms with van der Waals surface area (Å²) < 4.78 is 18.1. The summed E-state index contributed by atoms with van der Waals surface area (Å²) in [6.45, 7) is 0.149. The fraction of sp³-hybridized carbons (Fsp3) is 0.429. The number of carboxylic acids is 1. The van der Waals surface area contributed by atoms with E-state index in [1.54, 1.807) is 12.1 Å². The molecule has 0 spiro atoms. The summed E-state index contributed by atoms with van der Waals surface area (Å²) in [6.07, 6.45) is 0.286. The molecule has 5 nitrogen and oxygen atoms in total. The van der Waals surface area contributed by atoms with Crippen molar-refractivity contribution in [3.05, 3.63) is 35.6 Å². The molecule has 1 saturated carbocycles. The van der Waals surface area contributed by atoms with Gasteiger partial charge in [0.25, 0.3) is 0 Å². The largest absolute Gasteiger partial charge is 0.480 e. The van der Waals surface area contributed by atoms with Gasteiger partial charge in [-0.05, 0) is 30.5 Å². The summed E-state index contributed by atoms with van der Waals surface area (Å²) in [5, 5.41) is 11.6. The third kappa shape index (κ3) is 2.80. The molecule has 1 unspecified atom stereocenters. The van der Waals surface area contributed by atoms with E-state index in [2.05, 4.69) is 5.32 Å². The van der Waals surface area contributed by atoms with Gasteiger partial charge < -0.3 is 15.2 Å². The first-order chi connectivity index (χ1) is 9.49. The highest BCUT2D eigenvalue weighted by atomic mass is 19.1. The van der Waals surface area contributed by atoms with Gasteiger partial charge in [-0.3, -0.25) is 9.59 Å². The molecule has 0 heterocycles. The highest BCUT2D eigenvalue weighted by Gasteiger charge is 2.57. The number of ether oxygens (including phenoxy) is 1. The molecule has 1 aliphatic rings. The summed E-state index contributed by atoms with van der Waals surface area (Å²) in [6, 6.07) is 5.76. The maximum Gasteiger partial charge on any atom is 0.319 e.